The van der Waals surface area contributed by atoms with Crippen molar-refractivity contribution in [1.29, 1.82) is 0 Å². The van der Waals surface area contributed by atoms with Crippen LogP contribution in [0.2, 0.25) is 0 Å². The summed E-state index contributed by atoms with van der Waals surface area (Å²) in [7, 11) is 0. The minimum absolute atomic E-state index is 0.0220. The van der Waals surface area contributed by atoms with E-state index in [2.05, 4.69) is 10.3 Å². The number of hydrogen-bond acceptors (Lipinski definition) is 5. The number of unbranched alkanes of at least 4 members (excludes halogenated alkanes) is 1. The highest BCUT2D eigenvalue weighted by Gasteiger charge is 2.41. The van der Waals surface area contributed by atoms with E-state index in [1.165, 1.54) is 22.8 Å². The van der Waals surface area contributed by atoms with Crippen molar-refractivity contribution in [3.63, 3.8) is 0 Å². The van der Waals surface area contributed by atoms with E-state index in [1.54, 1.807) is 6.07 Å². The van der Waals surface area contributed by atoms with Crippen LogP contribution in [0.3, 0.4) is 0 Å². The van der Waals surface area contributed by atoms with Gasteiger partial charge in [0.15, 0.2) is 0 Å². The molecule has 2 aliphatic rings. The molecule has 8 heteroatoms. The van der Waals surface area contributed by atoms with Crippen molar-refractivity contribution in [3.8, 4) is 0 Å². The Morgan fingerprint density at radius 3 is 2.85 bits per heavy atom. The molecule has 3 heterocycles. The summed E-state index contributed by atoms with van der Waals surface area (Å²) in [4.78, 5) is 39.7. The number of aromatic nitrogens is 2. The van der Waals surface area contributed by atoms with E-state index in [-0.39, 0.29) is 17.7 Å². The van der Waals surface area contributed by atoms with Gasteiger partial charge in [-0.15, -0.1) is 0 Å². The molecule has 1 aromatic heterocycles. The van der Waals surface area contributed by atoms with Crippen molar-refractivity contribution in [3.05, 3.63) is 73.3 Å². The summed E-state index contributed by atoms with van der Waals surface area (Å²) in [6.45, 7) is 2.43. The number of nitrogens with one attached hydrogen (secondary N) is 2. The fourth-order valence-electron chi connectivity index (χ4n) is 3.64. The fourth-order valence-corrected chi connectivity index (χ4v) is 3.64. The summed E-state index contributed by atoms with van der Waals surface area (Å²) in [6.07, 6.45) is 1.61. The van der Waals surface area contributed by atoms with Crippen LogP contribution in [0.5, 0.6) is 0 Å². The number of carbonyl (C=O) groups is 1. The Labute approximate surface area is 153 Å². The van der Waals surface area contributed by atoms with Gasteiger partial charge in [0.2, 0.25) is 0 Å². The van der Waals surface area contributed by atoms with Crippen molar-refractivity contribution in [2.24, 2.45) is 0 Å². The lowest BCUT2D eigenvalue weighted by Gasteiger charge is -2.28. The number of cyclic esters (lactones) is 1. The van der Waals surface area contributed by atoms with Gasteiger partial charge < -0.3 is 10.1 Å². The van der Waals surface area contributed by atoms with E-state index in [4.69, 9.17) is 4.74 Å². The number of hydrogen-bond donors (Lipinski definition) is 2. The minimum atomic E-state index is -0.806. The highest BCUT2D eigenvalue weighted by Crippen LogP contribution is 2.42. The van der Waals surface area contributed by atoms with Gasteiger partial charge in [-0.3, -0.25) is 14.3 Å². The second-order valence-electron chi connectivity index (χ2n) is 6.61. The number of rotatable bonds is 4. The van der Waals surface area contributed by atoms with Gasteiger partial charge >= 0.3 is 11.7 Å². The maximum absolute atomic E-state index is 13.9. The molecule has 0 radical (unpaired) electrons. The van der Waals surface area contributed by atoms with Crippen LogP contribution >= 0.6 is 0 Å². The molecule has 0 aliphatic carbocycles. The molecule has 0 saturated heterocycles. The number of carbonyl (C=O) groups excluding carboxylic acids is 1. The van der Waals surface area contributed by atoms with E-state index >= 15 is 0 Å². The molecular weight excluding hydrogens is 353 g/mol. The first-order valence-corrected chi connectivity index (χ1v) is 8.81. The number of ether oxygens (including phenoxy) is 1. The molecule has 1 unspecified atom stereocenters. The molecule has 140 valence electrons. The Morgan fingerprint density at radius 1 is 1.30 bits per heavy atom. The molecule has 4 rings (SSSR count). The molecule has 1 atom stereocenters. The summed E-state index contributed by atoms with van der Waals surface area (Å²) in [6, 6.07) is 5.76. The molecular formula is C19H18FN3O4. The van der Waals surface area contributed by atoms with Gasteiger partial charge in [-0.2, -0.15) is 0 Å². The predicted molar refractivity (Wildman–Crippen MR) is 96.1 cm³/mol. The number of nitrogens with zero attached hydrogens (tertiary/aromatic N) is 1. The third kappa shape index (κ3) is 2.77. The summed E-state index contributed by atoms with van der Waals surface area (Å²) >= 11 is 0. The van der Waals surface area contributed by atoms with Gasteiger partial charge in [0.25, 0.3) is 5.56 Å². The lowest BCUT2D eigenvalue weighted by molar-refractivity contribution is -0.136. The number of aromatic amines is 1. The number of fused-ring (bicyclic) bond motifs is 1. The minimum Gasteiger partial charge on any atom is -0.456 e. The lowest BCUT2D eigenvalue weighted by atomic mass is 9.82. The lowest BCUT2D eigenvalue weighted by Crippen LogP contribution is -2.38. The maximum Gasteiger partial charge on any atom is 0.337 e. The Morgan fingerprint density at radius 2 is 2.11 bits per heavy atom. The van der Waals surface area contributed by atoms with E-state index < -0.39 is 29.0 Å². The molecule has 1 aromatic carbocycles. The molecule has 0 fully saturated rings. The van der Waals surface area contributed by atoms with Gasteiger partial charge in [0.05, 0.1) is 22.8 Å². The van der Waals surface area contributed by atoms with E-state index in [0.717, 1.165) is 12.8 Å². The Bertz CT molecular complexity index is 1080. The van der Waals surface area contributed by atoms with Crippen LogP contribution in [0.1, 0.15) is 36.8 Å². The normalized spacial score (nSPS) is 18.0. The molecule has 2 aromatic rings. The zero-order chi connectivity index (χ0) is 19.1. The van der Waals surface area contributed by atoms with Crippen LogP contribution < -0.4 is 16.6 Å². The number of halogens is 1. The molecule has 0 saturated carbocycles. The van der Waals surface area contributed by atoms with Crippen LogP contribution in [-0.2, 0) is 16.1 Å². The molecule has 0 amide bonds. The Hall–Kier alpha value is -3.16. The largest absolute Gasteiger partial charge is 0.456 e. The van der Waals surface area contributed by atoms with E-state index in [9.17, 15) is 18.8 Å². The summed E-state index contributed by atoms with van der Waals surface area (Å²) in [5, 5.41) is 3.05. The van der Waals surface area contributed by atoms with Crippen molar-refractivity contribution in [1.82, 2.24) is 9.55 Å². The van der Waals surface area contributed by atoms with Gasteiger partial charge in [-0.1, -0.05) is 25.5 Å². The summed E-state index contributed by atoms with van der Waals surface area (Å²) in [5.41, 5.74) is 0.322. The van der Waals surface area contributed by atoms with Crippen LogP contribution in [0.4, 0.5) is 10.2 Å². The number of benzene rings is 1. The van der Waals surface area contributed by atoms with E-state index in [0.29, 0.717) is 23.6 Å². The average Bonchev–Trinajstić information content (AvgIpc) is 3.00. The zero-order valence-electron chi connectivity index (χ0n) is 14.7. The van der Waals surface area contributed by atoms with Crippen LogP contribution in [-0.4, -0.2) is 22.1 Å². The number of anilines is 1. The van der Waals surface area contributed by atoms with Crippen LogP contribution in [0.15, 0.2) is 45.1 Å². The van der Waals surface area contributed by atoms with Gasteiger partial charge in [-0.05, 0) is 24.1 Å². The van der Waals surface area contributed by atoms with Crippen molar-refractivity contribution < 1.29 is 13.9 Å². The van der Waals surface area contributed by atoms with Gasteiger partial charge in [0, 0.05) is 6.54 Å². The molecule has 27 heavy (non-hydrogen) atoms. The quantitative estimate of drug-likeness (QED) is 0.800. The second kappa shape index (κ2) is 6.53. The SMILES string of the molecule is CCCCn1c2c(c(=O)[nH]c1=O)C(c1cccc(F)c1)C1=C(COC1=O)N2. The topological polar surface area (TPSA) is 93.2 Å². The first kappa shape index (κ1) is 17.3. The highest BCUT2D eigenvalue weighted by molar-refractivity contribution is 5.96. The highest BCUT2D eigenvalue weighted by atomic mass is 19.1. The van der Waals surface area contributed by atoms with E-state index in [1.807, 2.05) is 6.92 Å². The summed E-state index contributed by atoms with van der Waals surface area (Å²) in [5.74, 6) is -1.50. The zero-order valence-corrected chi connectivity index (χ0v) is 14.7. The van der Waals surface area contributed by atoms with Crippen LogP contribution in [0, 0.1) is 5.82 Å². The van der Waals surface area contributed by atoms with Crippen molar-refractivity contribution in [2.75, 3.05) is 11.9 Å². The standard InChI is InChI=1S/C19H18FN3O4/c1-2-3-7-23-16-15(17(24)22-19(23)26)13(10-5-4-6-11(20)8-10)14-12(21-16)9-27-18(14)25/h4-6,8,13,21H,2-3,7,9H2,1H3,(H,22,24,26). The number of H-pyrrole nitrogens is 1. The Kier molecular flexibility index (Phi) is 4.18. The van der Waals surface area contributed by atoms with Crippen molar-refractivity contribution >= 4 is 11.8 Å². The summed E-state index contributed by atoms with van der Waals surface area (Å²) < 4.78 is 20.5. The molecule has 0 bridgehead atoms. The fraction of sp³-hybridized carbons (Fsp3) is 0.316. The van der Waals surface area contributed by atoms with Crippen LogP contribution in [0.25, 0.3) is 0 Å². The molecule has 2 N–H and O–H groups in total. The average molecular weight is 371 g/mol. The molecule has 0 spiro atoms. The van der Waals surface area contributed by atoms with Gasteiger partial charge in [-0.25, -0.2) is 14.0 Å². The Balaban J connectivity index is 2.00. The first-order chi connectivity index (χ1) is 13.0. The maximum atomic E-state index is 13.9. The predicted octanol–water partition coefficient (Wildman–Crippen LogP) is 1.84. The molecule has 2 aliphatic heterocycles. The third-order valence-electron chi connectivity index (χ3n) is 4.89. The van der Waals surface area contributed by atoms with Crippen molar-refractivity contribution in [2.45, 2.75) is 32.2 Å². The number of esters is 1. The third-order valence-corrected chi connectivity index (χ3v) is 4.89. The smallest absolute Gasteiger partial charge is 0.337 e. The van der Waals surface area contributed by atoms with Gasteiger partial charge in [0.1, 0.15) is 18.2 Å². The monoisotopic (exact) mass is 371 g/mol. The first-order valence-electron chi connectivity index (χ1n) is 8.81. The second-order valence-corrected chi connectivity index (χ2v) is 6.61. The molecule has 7 nitrogen and oxygen atoms in total.